The maximum atomic E-state index is 12.6. The summed E-state index contributed by atoms with van der Waals surface area (Å²) in [5, 5.41) is 23.0. The molecule has 6 nitrogen and oxygen atoms in total. The number of pyridine rings is 2. The summed E-state index contributed by atoms with van der Waals surface area (Å²) in [6.45, 7) is 20.8. The Hall–Kier alpha value is -7.37. The minimum atomic E-state index is -0.561. The fraction of sp³-hybridized carbons (Fsp3) is 0.138. The van der Waals surface area contributed by atoms with E-state index < -0.39 is 10.8 Å². The van der Waals surface area contributed by atoms with Gasteiger partial charge in [0.1, 0.15) is 17.1 Å². The van der Waals surface area contributed by atoms with Crippen LogP contribution in [-0.4, -0.2) is 19.5 Å². The Morgan fingerprint density at radius 1 is 0.631 bits per heavy atom. The summed E-state index contributed by atoms with van der Waals surface area (Å²) in [5.41, 5.74) is 13.7. The van der Waals surface area contributed by atoms with Gasteiger partial charge in [0, 0.05) is 61.4 Å². The van der Waals surface area contributed by atoms with Crippen LogP contribution in [0.5, 0.6) is 5.75 Å². The number of rotatable bonds is 7. The number of phenolic OH excluding ortho intramolecular Hbond substituents is 1. The molecule has 0 bridgehead atoms. The van der Waals surface area contributed by atoms with Crippen LogP contribution >= 0.6 is 0 Å². The largest absolute Gasteiger partial charge is 0.508 e. The monoisotopic (exact) mass is 1020 g/mol. The minimum Gasteiger partial charge on any atom is -0.508 e. The maximum Gasteiger partial charge on any atom is 0.198 e. The molecule has 0 spiro atoms. The van der Waals surface area contributed by atoms with E-state index >= 15 is 0 Å². The van der Waals surface area contributed by atoms with E-state index in [1.807, 2.05) is 124 Å². The molecule has 320 valence electrons. The topological polar surface area (TPSA) is 78.6 Å². The molecule has 65 heavy (non-hydrogen) atoms. The molecular formula is C58H46N5OPt-. The van der Waals surface area contributed by atoms with Crippen LogP contribution in [0.4, 0.5) is 5.69 Å². The molecule has 0 unspecified atom stereocenters. The predicted molar refractivity (Wildman–Crippen MR) is 260 cm³/mol. The zero-order valence-corrected chi connectivity index (χ0v) is 39.4. The molecule has 0 fully saturated rings. The number of benzene rings is 6. The first-order valence-corrected chi connectivity index (χ1v) is 21.4. The molecule has 9 rings (SSSR count). The van der Waals surface area contributed by atoms with Crippen LogP contribution in [0.2, 0.25) is 0 Å². The molecule has 6 aromatic carbocycles. The van der Waals surface area contributed by atoms with E-state index in [1.165, 1.54) is 0 Å². The minimum absolute atomic E-state index is 0. The summed E-state index contributed by atoms with van der Waals surface area (Å²) in [4.78, 5) is 14.6. The Balaban J connectivity index is 0.00000576. The average molecular weight is 1020 g/mol. The number of nitrogens with zero attached hydrogens (tertiary/aromatic N) is 5. The number of aromatic nitrogens is 3. The van der Waals surface area contributed by atoms with Crippen molar-refractivity contribution in [3.8, 4) is 90.1 Å². The SMILES string of the molecule is [C-]#[N+]c1c(C(C)(C)C)cc(-c2nc3c(-c4[c-]c(-c5cc(C#N)c(-c6ccccc6)cn5)cc(-c5ccccc5)c4)cccn3c2-c2ccccc2-c2ccccc2)c(O)c1C(C)(C)C.[Pt]. The molecule has 1 N–H and O–H groups in total. The van der Waals surface area contributed by atoms with E-state index in [0.717, 1.165) is 66.9 Å². The third-order valence-electron chi connectivity index (χ3n) is 11.8. The van der Waals surface area contributed by atoms with Gasteiger partial charge >= 0.3 is 0 Å². The van der Waals surface area contributed by atoms with Crippen molar-refractivity contribution in [2.45, 2.75) is 52.4 Å². The Morgan fingerprint density at radius 3 is 1.80 bits per heavy atom. The van der Waals surface area contributed by atoms with Gasteiger partial charge in [-0.3, -0.25) is 4.98 Å². The first-order valence-electron chi connectivity index (χ1n) is 21.4. The summed E-state index contributed by atoms with van der Waals surface area (Å²) in [6.07, 6.45) is 3.80. The van der Waals surface area contributed by atoms with E-state index in [1.54, 1.807) is 6.20 Å². The Kier molecular flexibility index (Phi) is 12.0. The summed E-state index contributed by atoms with van der Waals surface area (Å²) in [5.74, 6) is 0.0492. The molecule has 0 aliphatic heterocycles. The van der Waals surface area contributed by atoms with Crippen molar-refractivity contribution in [3.05, 3.63) is 198 Å². The molecule has 3 heterocycles. The Bertz CT molecular complexity index is 3310. The van der Waals surface area contributed by atoms with Crippen molar-refractivity contribution in [1.29, 1.82) is 5.26 Å². The van der Waals surface area contributed by atoms with Gasteiger partial charge in [0.25, 0.3) is 0 Å². The van der Waals surface area contributed by atoms with Crippen LogP contribution in [0.1, 0.15) is 58.2 Å². The maximum absolute atomic E-state index is 12.6. The van der Waals surface area contributed by atoms with Crippen molar-refractivity contribution in [3.63, 3.8) is 0 Å². The second kappa shape index (κ2) is 17.7. The van der Waals surface area contributed by atoms with Gasteiger partial charge in [0.15, 0.2) is 5.69 Å². The van der Waals surface area contributed by atoms with Crippen LogP contribution < -0.4 is 0 Å². The smallest absolute Gasteiger partial charge is 0.198 e. The number of imidazole rings is 1. The standard InChI is InChI=1S/C58H46N5O.Pt/c1-57(2,3)49-34-47(55(64)51(53(49)60-7)58(4,5)6)52-54(46-27-18-17-26-44(46)38-22-13-9-14-23-38)63-29-19-28-45(56(63)62-52)41-30-40(37-20-11-8-12-21-37)31-42(32-41)50-33-43(35-59)48(36-61-50)39-24-15-10-16-25-39;/h8-31,33-34,36,64H,1-6H3;/q-1;. The van der Waals surface area contributed by atoms with Gasteiger partial charge in [-0.15, -0.1) is 23.8 Å². The molecule has 0 saturated heterocycles. The van der Waals surface area contributed by atoms with E-state index in [0.29, 0.717) is 39.4 Å². The molecule has 0 aliphatic rings. The van der Waals surface area contributed by atoms with E-state index in [9.17, 15) is 10.4 Å². The van der Waals surface area contributed by atoms with Crippen LogP contribution in [-0.2, 0) is 31.9 Å². The number of nitriles is 1. The van der Waals surface area contributed by atoms with E-state index in [2.05, 4.69) is 96.7 Å². The van der Waals surface area contributed by atoms with Gasteiger partial charge in [0.05, 0.1) is 23.9 Å². The zero-order chi connectivity index (χ0) is 44.8. The Morgan fingerprint density at radius 2 is 1.20 bits per heavy atom. The fourth-order valence-corrected chi connectivity index (χ4v) is 8.72. The van der Waals surface area contributed by atoms with Gasteiger partial charge in [-0.1, -0.05) is 192 Å². The third-order valence-corrected chi connectivity index (χ3v) is 11.8. The molecule has 0 radical (unpaired) electrons. The molecule has 0 atom stereocenters. The molecular weight excluding hydrogens is 978 g/mol. The van der Waals surface area contributed by atoms with Crippen molar-refractivity contribution < 1.29 is 26.2 Å². The second-order valence-electron chi connectivity index (χ2n) is 18.1. The molecule has 9 aromatic rings. The molecule has 0 amide bonds. The molecule has 3 aromatic heterocycles. The van der Waals surface area contributed by atoms with Crippen LogP contribution in [0.25, 0.3) is 88.8 Å². The zero-order valence-electron chi connectivity index (χ0n) is 37.1. The van der Waals surface area contributed by atoms with Crippen molar-refractivity contribution in [1.82, 2.24) is 14.4 Å². The second-order valence-corrected chi connectivity index (χ2v) is 18.1. The first-order chi connectivity index (χ1) is 30.9. The van der Waals surface area contributed by atoms with E-state index in [4.69, 9.17) is 16.5 Å². The molecule has 0 aliphatic carbocycles. The summed E-state index contributed by atoms with van der Waals surface area (Å²) >= 11 is 0. The van der Waals surface area contributed by atoms with Crippen LogP contribution in [0.15, 0.2) is 164 Å². The average Bonchev–Trinajstić information content (AvgIpc) is 3.70. The van der Waals surface area contributed by atoms with Gasteiger partial charge in [-0.05, 0) is 44.2 Å². The summed E-state index contributed by atoms with van der Waals surface area (Å²) < 4.78 is 2.12. The van der Waals surface area contributed by atoms with Crippen molar-refractivity contribution in [2.24, 2.45) is 0 Å². The number of aromatic hydroxyl groups is 1. The normalized spacial score (nSPS) is 11.4. The fourth-order valence-electron chi connectivity index (χ4n) is 8.72. The first kappa shape index (κ1) is 44.2. The number of phenols is 1. The Labute approximate surface area is 395 Å². The molecule has 7 heteroatoms. The number of fused-ring (bicyclic) bond motifs is 1. The van der Waals surface area contributed by atoms with Crippen molar-refractivity contribution in [2.75, 3.05) is 0 Å². The van der Waals surface area contributed by atoms with E-state index in [-0.39, 0.29) is 26.8 Å². The van der Waals surface area contributed by atoms with Crippen molar-refractivity contribution >= 4 is 11.3 Å². The third kappa shape index (κ3) is 8.31. The van der Waals surface area contributed by atoms with Crippen LogP contribution in [0, 0.1) is 24.0 Å². The number of hydrogen-bond donors (Lipinski definition) is 1. The quantitative estimate of drug-likeness (QED) is 0.161. The predicted octanol–water partition coefficient (Wildman–Crippen LogP) is 14.9. The summed E-state index contributed by atoms with van der Waals surface area (Å²) in [7, 11) is 0. The summed E-state index contributed by atoms with van der Waals surface area (Å²) in [6, 6.07) is 56.9. The van der Waals surface area contributed by atoms with Gasteiger partial charge in [-0.25, -0.2) is 9.83 Å². The van der Waals surface area contributed by atoms with Crippen LogP contribution in [0.3, 0.4) is 0 Å². The molecule has 0 saturated carbocycles. The van der Waals surface area contributed by atoms with Gasteiger partial charge in [0.2, 0.25) is 0 Å². The van der Waals surface area contributed by atoms with Gasteiger partial charge < -0.3 is 9.51 Å². The van der Waals surface area contributed by atoms with Gasteiger partial charge in [-0.2, -0.15) is 5.26 Å². The number of hydrogen-bond acceptors (Lipinski definition) is 4.